The highest BCUT2D eigenvalue weighted by molar-refractivity contribution is 6.42. The summed E-state index contributed by atoms with van der Waals surface area (Å²) in [5.41, 5.74) is 1.11. The van der Waals surface area contributed by atoms with Crippen LogP contribution in [0, 0.1) is 0 Å². The van der Waals surface area contributed by atoms with Crippen molar-refractivity contribution in [1.29, 1.82) is 0 Å². The standard InChI is InChI=1S/C19H15Cl2N3O3/c1-27-14-5-3-13(4-6-14)22-19(26)17-8-9-18(25)24(23-17)11-12-2-7-15(20)16(21)10-12/h2-10H,11H2,1H3,(H,22,26). The van der Waals surface area contributed by atoms with Gasteiger partial charge in [0.1, 0.15) is 11.4 Å². The topological polar surface area (TPSA) is 73.2 Å². The molecule has 0 radical (unpaired) electrons. The first-order chi connectivity index (χ1) is 13.0. The van der Waals surface area contributed by atoms with Crippen molar-refractivity contribution in [2.75, 3.05) is 12.4 Å². The van der Waals surface area contributed by atoms with E-state index >= 15 is 0 Å². The third-order valence-corrected chi connectivity index (χ3v) is 4.50. The van der Waals surface area contributed by atoms with Gasteiger partial charge in [0.25, 0.3) is 11.5 Å². The third-order valence-electron chi connectivity index (χ3n) is 3.76. The molecule has 0 atom stereocenters. The number of anilines is 1. The first kappa shape index (κ1) is 18.9. The van der Waals surface area contributed by atoms with Gasteiger partial charge in [0.15, 0.2) is 0 Å². The molecule has 27 heavy (non-hydrogen) atoms. The lowest BCUT2D eigenvalue weighted by atomic mass is 10.2. The average Bonchev–Trinajstić information content (AvgIpc) is 2.67. The molecule has 138 valence electrons. The van der Waals surface area contributed by atoms with Crippen LogP contribution in [0.1, 0.15) is 16.1 Å². The largest absolute Gasteiger partial charge is 0.497 e. The number of carbonyl (C=O) groups is 1. The van der Waals surface area contributed by atoms with Crippen LogP contribution in [-0.4, -0.2) is 22.8 Å². The van der Waals surface area contributed by atoms with E-state index in [-0.39, 0.29) is 17.8 Å². The van der Waals surface area contributed by atoms with Gasteiger partial charge in [0.05, 0.1) is 23.7 Å². The predicted molar refractivity (Wildman–Crippen MR) is 105 cm³/mol. The van der Waals surface area contributed by atoms with E-state index in [1.54, 1.807) is 49.6 Å². The van der Waals surface area contributed by atoms with Crippen molar-refractivity contribution in [2.45, 2.75) is 6.54 Å². The Kier molecular flexibility index (Phi) is 5.78. The Balaban J connectivity index is 1.80. The van der Waals surface area contributed by atoms with Crippen molar-refractivity contribution in [2.24, 2.45) is 0 Å². The summed E-state index contributed by atoms with van der Waals surface area (Å²) >= 11 is 11.9. The van der Waals surface area contributed by atoms with Crippen LogP contribution < -0.4 is 15.6 Å². The Bertz CT molecular complexity index is 1030. The maximum Gasteiger partial charge on any atom is 0.276 e. The van der Waals surface area contributed by atoms with Crippen LogP contribution >= 0.6 is 23.2 Å². The van der Waals surface area contributed by atoms with E-state index < -0.39 is 5.91 Å². The van der Waals surface area contributed by atoms with Crippen LogP contribution in [0.4, 0.5) is 5.69 Å². The fourth-order valence-electron chi connectivity index (χ4n) is 2.36. The summed E-state index contributed by atoms with van der Waals surface area (Å²) in [6.07, 6.45) is 0. The molecule has 1 amide bonds. The average molecular weight is 404 g/mol. The molecule has 0 aliphatic rings. The first-order valence-corrected chi connectivity index (χ1v) is 8.69. The van der Waals surface area contributed by atoms with E-state index in [0.29, 0.717) is 21.5 Å². The molecule has 0 saturated carbocycles. The van der Waals surface area contributed by atoms with Crippen molar-refractivity contribution in [3.63, 3.8) is 0 Å². The highest BCUT2D eigenvalue weighted by Gasteiger charge is 2.11. The molecule has 8 heteroatoms. The van der Waals surface area contributed by atoms with E-state index in [1.165, 1.54) is 16.8 Å². The van der Waals surface area contributed by atoms with E-state index in [2.05, 4.69) is 10.4 Å². The SMILES string of the molecule is COc1ccc(NC(=O)c2ccc(=O)n(Cc3ccc(Cl)c(Cl)c3)n2)cc1. The highest BCUT2D eigenvalue weighted by Crippen LogP contribution is 2.22. The smallest absolute Gasteiger partial charge is 0.276 e. The number of nitrogens with one attached hydrogen (secondary N) is 1. The molecule has 0 spiro atoms. The van der Waals surface area contributed by atoms with Gasteiger partial charge < -0.3 is 10.1 Å². The first-order valence-electron chi connectivity index (χ1n) is 7.94. The summed E-state index contributed by atoms with van der Waals surface area (Å²) in [5, 5.41) is 7.68. The van der Waals surface area contributed by atoms with Gasteiger partial charge in [0, 0.05) is 11.8 Å². The Labute approximate surface area is 165 Å². The molecule has 3 aromatic rings. The fraction of sp³-hybridized carbons (Fsp3) is 0.105. The quantitative estimate of drug-likeness (QED) is 0.701. The molecule has 6 nitrogen and oxygen atoms in total. The van der Waals surface area contributed by atoms with Gasteiger partial charge >= 0.3 is 0 Å². The van der Waals surface area contributed by atoms with Crippen molar-refractivity contribution < 1.29 is 9.53 Å². The van der Waals surface area contributed by atoms with E-state index in [0.717, 1.165) is 5.56 Å². The second-order valence-corrected chi connectivity index (χ2v) is 6.46. The monoisotopic (exact) mass is 403 g/mol. The molecule has 2 aromatic carbocycles. The van der Waals surface area contributed by atoms with E-state index in [9.17, 15) is 9.59 Å². The molecule has 0 aliphatic heterocycles. The van der Waals surface area contributed by atoms with Gasteiger partial charge in [-0.1, -0.05) is 29.3 Å². The highest BCUT2D eigenvalue weighted by atomic mass is 35.5. The maximum atomic E-state index is 12.4. The van der Waals surface area contributed by atoms with Gasteiger partial charge in [-0.15, -0.1) is 0 Å². The Hall–Kier alpha value is -2.83. The minimum Gasteiger partial charge on any atom is -0.497 e. The number of halogens is 2. The van der Waals surface area contributed by atoms with Crippen LogP contribution in [0.5, 0.6) is 5.75 Å². The number of methoxy groups -OCH3 is 1. The third kappa shape index (κ3) is 4.67. The number of ether oxygens (including phenoxy) is 1. The number of amides is 1. The molecule has 1 aromatic heterocycles. The minimum absolute atomic E-state index is 0.116. The maximum absolute atomic E-state index is 12.4. The molecule has 3 rings (SSSR count). The van der Waals surface area contributed by atoms with Gasteiger partial charge in [0.2, 0.25) is 0 Å². The zero-order chi connectivity index (χ0) is 19.4. The number of benzene rings is 2. The number of aromatic nitrogens is 2. The summed E-state index contributed by atoms with van der Waals surface area (Å²) in [6, 6.07) is 14.6. The molecular weight excluding hydrogens is 389 g/mol. The Morgan fingerprint density at radius 3 is 2.48 bits per heavy atom. The molecular formula is C19H15Cl2N3O3. The molecule has 0 fully saturated rings. The van der Waals surface area contributed by atoms with Gasteiger partial charge in [-0.3, -0.25) is 9.59 Å². The van der Waals surface area contributed by atoms with Crippen LogP contribution in [0.15, 0.2) is 59.4 Å². The summed E-state index contributed by atoms with van der Waals surface area (Å²) < 4.78 is 6.28. The van der Waals surface area contributed by atoms with Crippen LogP contribution in [0.25, 0.3) is 0 Å². The lowest BCUT2D eigenvalue weighted by Gasteiger charge is -2.09. The normalized spacial score (nSPS) is 10.5. The van der Waals surface area contributed by atoms with Crippen LogP contribution in [-0.2, 0) is 6.54 Å². The number of carbonyl (C=O) groups excluding carboxylic acids is 1. The summed E-state index contributed by atoms with van der Waals surface area (Å²) in [5.74, 6) is 0.254. The molecule has 1 heterocycles. The van der Waals surface area contributed by atoms with E-state index in [4.69, 9.17) is 27.9 Å². The van der Waals surface area contributed by atoms with E-state index in [1.807, 2.05) is 0 Å². The second kappa shape index (κ2) is 8.24. The summed E-state index contributed by atoms with van der Waals surface area (Å²) in [6.45, 7) is 0.166. The number of rotatable bonds is 5. The van der Waals surface area contributed by atoms with Gasteiger partial charge in [-0.25, -0.2) is 4.68 Å². The van der Waals surface area contributed by atoms with Crippen LogP contribution in [0.3, 0.4) is 0 Å². The van der Waals surface area contributed by atoms with Gasteiger partial charge in [-0.05, 0) is 48.0 Å². The lowest BCUT2D eigenvalue weighted by Crippen LogP contribution is -2.26. The molecule has 0 bridgehead atoms. The zero-order valence-electron chi connectivity index (χ0n) is 14.3. The molecule has 0 saturated heterocycles. The van der Waals surface area contributed by atoms with Crippen molar-refractivity contribution >= 4 is 34.8 Å². The minimum atomic E-state index is -0.428. The Morgan fingerprint density at radius 1 is 1.07 bits per heavy atom. The Morgan fingerprint density at radius 2 is 1.81 bits per heavy atom. The van der Waals surface area contributed by atoms with Crippen LogP contribution in [0.2, 0.25) is 10.0 Å². The molecule has 0 aliphatic carbocycles. The summed E-state index contributed by atoms with van der Waals surface area (Å²) in [4.78, 5) is 24.5. The number of hydrogen-bond donors (Lipinski definition) is 1. The van der Waals surface area contributed by atoms with Crippen molar-refractivity contribution in [1.82, 2.24) is 9.78 Å². The lowest BCUT2D eigenvalue weighted by molar-refractivity contribution is 0.102. The molecule has 1 N–H and O–H groups in total. The van der Waals surface area contributed by atoms with Gasteiger partial charge in [-0.2, -0.15) is 5.10 Å². The number of hydrogen-bond acceptors (Lipinski definition) is 4. The summed E-state index contributed by atoms with van der Waals surface area (Å²) in [7, 11) is 1.56. The predicted octanol–water partition coefficient (Wildman–Crippen LogP) is 3.86. The fourth-order valence-corrected chi connectivity index (χ4v) is 2.68. The van der Waals surface area contributed by atoms with Crippen molar-refractivity contribution in [3.8, 4) is 5.75 Å². The second-order valence-electron chi connectivity index (χ2n) is 5.65. The number of nitrogens with zero attached hydrogens (tertiary/aromatic N) is 2. The van der Waals surface area contributed by atoms with Crippen molar-refractivity contribution in [3.05, 3.63) is 86.3 Å². The molecule has 0 unspecified atom stereocenters. The zero-order valence-corrected chi connectivity index (χ0v) is 15.8.